The summed E-state index contributed by atoms with van der Waals surface area (Å²) < 4.78 is 44.6. The molecule has 8 saturated carbocycles. The van der Waals surface area contributed by atoms with Crippen LogP contribution in [-0.4, -0.2) is 54.3 Å². The Bertz CT molecular complexity index is 1280. The van der Waals surface area contributed by atoms with Crippen molar-refractivity contribution in [3.05, 3.63) is 22.5 Å². The Kier molecular flexibility index (Phi) is 8.64. The second-order valence-electron chi connectivity index (χ2n) is 15.1. The summed E-state index contributed by atoms with van der Waals surface area (Å²) in [5.41, 5.74) is -0.266. The SMILES string of the molecule is CC1=C(C(=O)OC23CC4CC(CC(C4)C2)C3)C(C([O-])=NCCS(=O)(=O)O)C(C(=O)OC23CC4CC(CC(C4)C2)C3)=C(C)N1.[Na+]. The van der Waals surface area contributed by atoms with Crippen molar-refractivity contribution < 1.29 is 66.7 Å². The molecule has 0 unspecified atom stereocenters. The number of carbonyl (C=O) groups is 2. The zero-order valence-corrected chi connectivity index (χ0v) is 28.9. The molecule has 0 radical (unpaired) electrons. The number of carbonyl (C=O) groups excluding carboxylic acids is 2. The molecular formula is C32H43N2NaO8S. The average molecular weight is 639 g/mol. The maximum absolute atomic E-state index is 14.1. The molecule has 236 valence electrons. The fourth-order valence-corrected chi connectivity index (χ4v) is 11.3. The third-order valence-electron chi connectivity index (χ3n) is 11.6. The summed E-state index contributed by atoms with van der Waals surface area (Å²) in [5.74, 6) is -0.971. The molecule has 9 aliphatic rings. The van der Waals surface area contributed by atoms with Crippen LogP contribution in [0.15, 0.2) is 27.5 Å². The normalized spacial score (nSPS) is 40.5. The van der Waals surface area contributed by atoms with Gasteiger partial charge >= 0.3 is 41.5 Å². The summed E-state index contributed by atoms with van der Waals surface area (Å²) in [5, 5.41) is 16.9. The number of ether oxygens (including phenoxy) is 2. The number of nitrogens with one attached hydrogen (secondary N) is 1. The summed E-state index contributed by atoms with van der Waals surface area (Å²) in [6.07, 6.45) is 12.0. The number of hydrogen-bond donors (Lipinski definition) is 2. The molecule has 0 atom stereocenters. The van der Waals surface area contributed by atoms with Crippen molar-refractivity contribution in [3.8, 4) is 0 Å². The molecule has 44 heavy (non-hydrogen) atoms. The number of dihydropyridines is 1. The van der Waals surface area contributed by atoms with Gasteiger partial charge in [-0.05, 0) is 132 Å². The van der Waals surface area contributed by atoms with E-state index >= 15 is 0 Å². The van der Waals surface area contributed by atoms with Crippen molar-refractivity contribution >= 4 is 28.0 Å². The second kappa shape index (κ2) is 11.7. The molecule has 0 spiro atoms. The fourth-order valence-electron chi connectivity index (χ4n) is 11.0. The van der Waals surface area contributed by atoms with E-state index in [2.05, 4.69) is 10.3 Å². The van der Waals surface area contributed by atoms with Gasteiger partial charge < -0.3 is 24.9 Å². The second-order valence-corrected chi connectivity index (χ2v) is 16.7. The van der Waals surface area contributed by atoms with Gasteiger partial charge in [-0.3, -0.25) is 4.55 Å². The van der Waals surface area contributed by atoms with Crippen LogP contribution in [0.3, 0.4) is 0 Å². The van der Waals surface area contributed by atoms with Crippen LogP contribution in [0, 0.1) is 41.4 Å². The Labute approximate surface area is 281 Å². The summed E-state index contributed by atoms with van der Waals surface area (Å²) >= 11 is 0. The van der Waals surface area contributed by atoms with Crippen LogP contribution in [0.5, 0.6) is 0 Å². The van der Waals surface area contributed by atoms with E-state index in [9.17, 15) is 27.7 Å². The molecule has 0 aromatic heterocycles. The third-order valence-corrected chi connectivity index (χ3v) is 12.3. The van der Waals surface area contributed by atoms with Crippen LogP contribution >= 0.6 is 0 Å². The number of aliphatic imine (C=N–C) groups is 1. The van der Waals surface area contributed by atoms with Crippen LogP contribution in [0.1, 0.15) is 90.9 Å². The number of esters is 2. The van der Waals surface area contributed by atoms with E-state index in [4.69, 9.17) is 9.47 Å². The molecule has 2 N–H and O–H groups in total. The molecule has 8 fully saturated rings. The summed E-state index contributed by atoms with van der Waals surface area (Å²) in [4.78, 5) is 32.1. The van der Waals surface area contributed by atoms with Crippen molar-refractivity contribution in [2.75, 3.05) is 12.3 Å². The first-order chi connectivity index (χ1) is 20.3. The molecule has 8 aliphatic carbocycles. The fraction of sp³-hybridized carbons (Fsp3) is 0.781. The van der Waals surface area contributed by atoms with Crippen molar-refractivity contribution in [2.24, 2.45) is 46.4 Å². The van der Waals surface area contributed by atoms with E-state index < -0.39 is 57.4 Å². The Hall–Kier alpha value is -1.40. The Balaban J connectivity index is 0.00000343. The molecule has 1 heterocycles. The summed E-state index contributed by atoms with van der Waals surface area (Å²) in [6, 6.07) is 0. The van der Waals surface area contributed by atoms with E-state index in [1.54, 1.807) is 13.8 Å². The largest absolute Gasteiger partial charge is 1.00 e. The van der Waals surface area contributed by atoms with Gasteiger partial charge in [-0.25, -0.2) is 9.59 Å². The standard InChI is InChI=1S/C32H44N2O8S.Na/c1-17-25(29(36)41-31-11-19-5-20(12-31)7-21(6-19)13-31)27(28(35)33-3-4-43(38,39)40)26(18(2)34-17)30(37)42-32-14-22-8-23(15-32)10-24(9-22)16-32;/h19-24,27,34H,3-16H2,1-2H3,(H,33,35)(H,38,39,40);/q;+1/p-1. The Morgan fingerprint density at radius 1 is 0.795 bits per heavy atom. The molecule has 9 rings (SSSR count). The molecule has 1 aliphatic heterocycles. The minimum Gasteiger partial charge on any atom is -0.861 e. The van der Waals surface area contributed by atoms with E-state index in [-0.39, 0.29) is 40.7 Å². The van der Waals surface area contributed by atoms with Crippen LogP contribution in [-0.2, 0) is 29.2 Å². The van der Waals surface area contributed by atoms with Crippen LogP contribution in [0.4, 0.5) is 0 Å². The van der Waals surface area contributed by atoms with Gasteiger partial charge in [-0.15, -0.1) is 0 Å². The maximum atomic E-state index is 14.1. The van der Waals surface area contributed by atoms with Gasteiger partial charge in [-0.2, -0.15) is 8.42 Å². The Morgan fingerprint density at radius 2 is 1.14 bits per heavy atom. The first-order valence-electron chi connectivity index (χ1n) is 16.1. The smallest absolute Gasteiger partial charge is 0.861 e. The predicted octanol–water partition coefficient (Wildman–Crippen LogP) is 0.428. The van der Waals surface area contributed by atoms with E-state index in [0.29, 0.717) is 46.9 Å². The Morgan fingerprint density at radius 3 is 1.45 bits per heavy atom. The zero-order valence-electron chi connectivity index (χ0n) is 26.1. The number of allylic oxidation sites excluding steroid dienone is 2. The molecule has 0 amide bonds. The van der Waals surface area contributed by atoms with Gasteiger partial charge in [-0.1, -0.05) is 0 Å². The van der Waals surface area contributed by atoms with E-state index in [1.807, 2.05) is 0 Å². The molecule has 0 saturated heterocycles. The molecule has 8 bridgehead atoms. The van der Waals surface area contributed by atoms with Crippen LogP contribution < -0.4 is 40.0 Å². The van der Waals surface area contributed by atoms with E-state index in [0.717, 1.165) is 38.5 Å². The molecular weight excluding hydrogens is 595 g/mol. The quantitative estimate of drug-likeness (QED) is 0.127. The summed E-state index contributed by atoms with van der Waals surface area (Å²) in [6.45, 7) is 2.87. The van der Waals surface area contributed by atoms with Gasteiger partial charge in [0.15, 0.2) is 0 Å². The van der Waals surface area contributed by atoms with Crippen LogP contribution in [0.2, 0.25) is 0 Å². The minimum atomic E-state index is -4.36. The van der Waals surface area contributed by atoms with Crippen molar-refractivity contribution in [1.82, 2.24) is 5.32 Å². The van der Waals surface area contributed by atoms with Gasteiger partial charge in [0.25, 0.3) is 10.1 Å². The van der Waals surface area contributed by atoms with Gasteiger partial charge in [0.1, 0.15) is 11.2 Å². The van der Waals surface area contributed by atoms with Crippen molar-refractivity contribution in [3.63, 3.8) is 0 Å². The van der Waals surface area contributed by atoms with Crippen LogP contribution in [0.25, 0.3) is 0 Å². The molecule has 0 aromatic rings. The van der Waals surface area contributed by atoms with Crippen molar-refractivity contribution in [2.45, 2.75) is 102 Å². The van der Waals surface area contributed by atoms with E-state index in [1.165, 1.54) is 38.5 Å². The predicted molar refractivity (Wildman–Crippen MR) is 155 cm³/mol. The number of nitrogens with zero attached hydrogens (tertiary/aromatic N) is 1. The molecule has 10 nitrogen and oxygen atoms in total. The molecule has 0 aromatic carbocycles. The number of rotatable bonds is 8. The molecule has 12 heteroatoms. The van der Waals surface area contributed by atoms with Crippen molar-refractivity contribution in [1.29, 1.82) is 0 Å². The maximum Gasteiger partial charge on any atom is 1.00 e. The first kappa shape index (κ1) is 32.5. The minimum absolute atomic E-state index is 0. The summed E-state index contributed by atoms with van der Waals surface area (Å²) in [7, 11) is -4.36. The zero-order chi connectivity index (χ0) is 30.3. The average Bonchev–Trinajstić information content (AvgIpc) is 2.85. The third kappa shape index (κ3) is 6.17. The first-order valence-corrected chi connectivity index (χ1v) is 17.7. The van der Waals surface area contributed by atoms with Gasteiger partial charge in [0, 0.05) is 11.4 Å². The van der Waals surface area contributed by atoms with Gasteiger partial charge in [0.2, 0.25) is 0 Å². The van der Waals surface area contributed by atoms with Gasteiger partial charge in [0.05, 0.1) is 29.4 Å². The topological polar surface area (TPSA) is 154 Å². The number of hydrogen-bond acceptors (Lipinski definition) is 9. The monoisotopic (exact) mass is 638 g/mol.